The largest absolute Gasteiger partial charge is 0.364 e. The maximum Gasteiger partial charge on any atom is 0.0806 e. The zero-order valence-corrected chi connectivity index (χ0v) is 43.7. The molecule has 0 saturated heterocycles. The maximum atomic E-state index is 4.85. The second-order valence-electron chi connectivity index (χ2n) is 21.0. The van der Waals surface area contributed by atoms with Crippen LogP contribution in [-0.4, -0.2) is 54.4 Å². The highest BCUT2D eigenvalue weighted by Crippen LogP contribution is 2.36. The molecular formula is C68H60N8. The number of rotatable bonds is 10. The molecule has 3 aliphatic rings. The molecule has 8 bridgehead atoms. The Labute approximate surface area is 442 Å². The summed E-state index contributed by atoms with van der Waals surface area (Å²) in [6, 6.07) is 53.9. The molecule has 6 N–H and O–H groups in total. The first-order chi connectivity index (χ1) is 37.1. The summed E-state index contributed by atoms with van der Waals surface area (Å²) in [6.07, 6.45) is 16.3. The number of fused-ring (bicyclic) bond motifs is 8. The predicted octanol–water partition coefficient (Wildman–Crippen LogP) is 11.1. The van der Waals surface area contributed by atoms with E-state index in [9.17, 15) is 0 Å². The maximum absolute atomic E-state index is 4.85. The van der Waals surface area contributed by atoms with Crippen molar-refractivity contribution in [3.05, 3.63) is 305 Å². The highest BCUT2D eigenvalue weighted by Gasteiger charge is 2.28. The monoisotopic (exact) mass is 988 g/mol. The van der Waals surface area contributed by atoms with Crippen LogP contribution in [-0.2, 0) is 0 Å². The van der Waals surface area contributed by atoms with Crippen LogP contribution in [0.1, 0.15) is 113 Å². The molecule has 8 heteroatoms. The van der Waals surface area contributed by atoms with E-state index >= 15 is 0 Å². The van der Waals surface area contributed by atoms with E-state index < -0.39 is 0 Å². The smallest absolute Gasteiger partial charge is 0.0806 e. The Hall–Kier alpha value is -9.14. The van der Waals surface area contributed by atoms with E-state index in [1.165, 1.54) is 55.6 Å². The molecule has 4 atom stereocenters. The van der Waals surface area contributed by atoms with Crippen LogP contribution < -0.4 is 21.4 Å². The topological polar surface area (TPSA) is 119 Å². The Morgan fingerprint density at radius 1 is 0.382 bits per heavy atom. The van der Waals surface area contributed by atoms with Gasteiger partial charge in [0.25, 0.3) is 0 Å². The molecule has 3 aliphatic heterocycles. The molecule has 4 aromatic carbocycles. The summed E-state index contributed by atoms with van der Waals surface area (Å²) in [7, 11) is 0. The van der Waals surface area contributed by atoms with Gasteiger partial charge in [-0.3, -0.25) is 9.98 Å². The summed E-state index contributed by atoms with van der Waals surface area (Å²) in [6.45, 7) is 13.3. The van der Waals surface area contributed by atoms with E-state index in [2.05, 4.69) is 241 Å². The van der Waals surface area contributed by atoms with Crippen LogP contribution in [0.5, 0.6) is 0 Å². The van der Waals surface area contributed by atoms with Crippen molar-refractivity contribution in [2.45, 2.75) is 65.5 Å². The van der Waals surface area contributed by atoms with Crippen LogP contribution in [0.3, 0.4) is 0 Å². The first-order valence-electron chi connectivity index (χ1n) is 26.4. The highest BCUT2D eigenvalue weighted by atomic mass is 14.8. The molecule has 0 fully saturated rings. The van der Waals surface area contributed by atoms with Crippen molar-refractivity contribution in [2.75, 3.05) is 0 Å². The number of allylic oxidation sites excluding steroid dienone is 2. The van der Waals surface area contributed by atoms with Crippen molar-refractivity contribution in [3.8, 4) is 0 Å². The van der Waals surface area contributed by atoms with Crippen molar-refractivity contribution >= 4 is 34.7 Å². The molecule has 10 aromatic rings. The van der Waals surface area contributed by atoms with Gasteiger partial charge in [-0.25, -0.2) is 0 Å². The van der Waals surface area contributed by atoms with Crippen molar-refractivity contribution < 1.29 is 0 Å². The van der Waals surface area contributed by atoms with Crippen LogP contribution in [0.15, 0.2) is 192 Å². The Balaban J connectivity index is 1.07. The summed E-state index contributed by atoms with van der Waals surface area (Å²) in [4.78, 5) is 32.9. The van der Waals surface area contributed by atoms with Gasteiger partial charge in [-0.05, 0) is 182 Å². The molecule has 8 nitrogen and oxygen atoms in total. The van der Waals surface area contributed by atoms with Gasteiger partial charge in [-0.1, -0.05) is 96.1 Å². The van der Waals surface area contributed by atoms with E-state index in [4.69, 9.17) is 9.98 Å². The second kappa shape index (κ2) is 19.0. The molecule has 0 radical (unpaired) electrons. The minimum Gasteiger partial charge on any atom is -0.364 e. The zero-order valence-electron chi connectivity index (χ0n) is 43.7. The molecule has 372 valence electrons. The Morgan fingerprint density at radius 3 is 1.07 bits per heavy atom. The summed E-state index contributed by atoms with van der Waals surface area (Å²) in [5.41, 5.74) is 25.1. The first-order valence-corrected chi connectivity index (χ1v) is 26.4. The summed E-state index contributed by atoms with van der Waals surface area (Å²) in [5.74, 6) is 0.105. The Bertz CT molecular complexity index is 3890. The number of aryl methyl sites for hydroxylation is 6. The summed E-state index contributed by atoms with van der Waals surface area (Å²) in [5, 5.41) is 4.06. The van der Waals surface area contributed by atoms with Crippen molar-refractivity contribution in [2.24, 2.45) is 9.98 Å². The quantitative estimate of drug-likeness (QED) is 0.0783. The van der Waals surface area contributed by atoms with Crippen LogP contribution in [0.4, 0.5) is 0 Å². The number of nitrogens with zero attached hydrogens (tertiary/aromatic N) is 2. The molecule has 76 heavy (non-hydrogen) atoms. The SMILES string of the molecule is Cc1cc(C)c(C2=c3ccc([nH]3)=C(c3ccc(C(c4ccc[nH]4)C4C=CC=N4)cc3)c3ccc([nH]3)C(c3c(C)cc(C)cc3C)=c3ccc([nH]3)=C(c3ccc(C(c4ccc[nH]4)C4C=CC=N4)cc3)c3ccc2[nH]3)c(C)c1. The van der Waals surface area contributed by atoms with Gasteiger partial charge in [0, 0.05) is 103 Å². The third-order valence-corrected chi connectivity index (χ3v) is 15.8. The van der Waals surface area contributed by atoms with Gasteiger partial charge in [0.05, 0.1) is 23.9 Å². The minimum absolute atomic E-state index is 0.0147. The molecular weight excluding hydrogens is 929 g/mol. The number of nitrogens with one attached hydrogen (secondary N) is 6. The lowest BCUT2D eigenvalue weighted by molar-refractivity contribution is 0.696. The third-order valence-electron chi connectivity index (χ3n) is 15.8. The van der Waals surface area contributed by atoms with Gasteiger partial charge in [0.1, 0.15) is 0 Å². The average molecular weight is 989 g/mol. The van der Waals surface area contributed by atoms with Gasteiger partial charge < -0.3 is 29.9 Å². The van der Waals surface area contributed by atoms with Crippen LogP contribution in [0.2, 0.25) is 0 Å². The van der Waals surface area contributed by atoms with E-state index in [-0.39, 0.29) is 23.9 Å². The van der Waals surface area contributed by atoms with Crippen LogP contribution >= 0.6 is 0 Å². The van der Waals surface area contributed by atoms with Gasteiger partial charge in [-0.2, -0.15) is 0 Å². The van der Waals surface area contributed by atoms with E-state index in [0.717, 1.165) is 89.0 Å². The summed E-state index contributed by atoms with van der Waals surface area (Å²) < 4.78 is 0. The van der Waals surface area contributed by atoms with Crippen molar-refractivity contribution in [3.63, 3.8) is 0 Å². The molecule has 0 amide bonds. The first kappa shape index (κ1) is 46.6. The van der Waals surface area contributed by atoms with Crippen molar-refractivity contribution in [1.82, 2.24) is 29.9 Å². The molecule has 0 saturated carbocycles. The van der Waals surface area contributed by atoms with Gasteiger partial charge in [-0.15, -0.1) is 0 Å². The molecule has 13 rings (SSSR count). The number of hydrogen-bond acceptors (Lipinski definition) is 2. The van der Waals surface area contributed by atoms with E-state index in [1.807, 2.05) is 24.8 Å². The number of H-pyrrole nitrogens is 6. The summed E-state index contributed by atoms with van der Waals surface area (Å²) >= 11 is 0. The number of benzene rings is 4. The Kier molecular flexibility index (Phi) is 11.6. The Morgan fingerprint density at radius 2 is 0.737 bits per heavy atom. The molecule has 0 aliphatic carbocycles. The lowest BCUT2D eigenvalue weighted by Crippen LogP contribution is -2.20. The standard InChI is InChI=1S/C68H60N8/c1-39-35-41(3)61(42(4)36-39)67-57-27-23-53(73-57)65(47-19-15-45(16-20-47)63(49-11-7-31-69-49)50-12-8-32-70-50)55-25-29-59(75-55)68(62-43(5)37-40(2)38-44(62)6)60-30-26-56(76-60)66(54-24-28-58(67)74-54)48-21-17-46(18-22-48)64(51-13-9-33-71-51)52-14-10-34-72-52/h7-38,49,51,63-64,70,72-76H,1-6H3. The normalized spacial score (nSPS) is 16.7. The molecule has 4 unspecified atom stereocenters. The number of hydrogen-bond donors (Lipinski definition) is 6. The van der Waals surface area contributed by atoms with E-state index in [0.29, 0.717) is 0 Å². The molecule has 0 spiro atoms. The lowest BCUT2D eigenvalue weighted by Gasteiger charge is -2.20. The fourth-order valence-electron chi connectivity index (χ4n) is 12.7. The average Bonchev–Trinajstić information content (AvgIpc) is 4.26. The fraction of sp³-hybridized carbons (Fsp3) is 0.147. The van der Waals surface area contributed by atoms with Crippen LogP contribution in [0, 0.1) is 41.5 Å². The van der Waals surface area contributed by atoms with Gasteiger partial charge >= 0.3 is 0 Å². The third kappa shape index (κ3) is 8.27. The van der Waals surface area contributed by atoms with Crippen molar-refractivity contribution in [1.29, 1.82) is 0 Å². The van der Waals surface area contributed by atoms with Gasteiger partial charge in [0.2, 0.25) is 0 Å². The number of aromatic amines is 6. The fourth-order valence-corrected chi connectivity index (χ4v) is 12.7. The van der Waals surface area contributed by atoms with Crippen LogP contribution in [0.25, 0.3) is 22.3 Å². The second-order valence-corrected chi connectivity index (χ2v) is 21.0. The molecule has 9 heterocycles. The minimum atomic E-state index is 0.0147. The zero-order chi connectivity index (χ0) is 51.6. The number of aromatic nitrogens is 6. The molecule has 6 aromatic heterocycles. The van der Waals surface area contributed by atoms with E-state index in [1.54, 1.807) is 0 Å². The lowest BCUT2D eigenvalue weighted by atomic mass is 9.88. The number of aliphatic imine (C=N–C) groups is 2. The predicted molar refractivity (Wildman–Crippen MR) is 310 cm³/mol. The van der Waals surface area contributed by atoms with Gasteiger partial charge in [0.15, 0.2) is 0 Å². The highest BCUT2D eigenvalue weighted by molar-refractivity contribution is 5.87.